The van der Waals surface area contributed by atoms with Crippen LogP contribution in [0.4, 0.5) is 5.69 Å². The first-order valence-electron chi connectivity index (χ1n) is 8.45. The van der Waals surface area contributed by atoms with Crippen LogP contribution >= 0.6 is 0 Å². The molecule has 1 aromatic rings. The number of anilines is 1. The summed E-state index contributed by atoms with van der Waals surface area (Å²) in [5.74, 6) is 0.797. The van der Waals surface area contributed by atoms with E-state index >= 15 is 0 Å². The highest BCUT2D eigenvalue weighted by molar-refractivity contribution is 5.96. The van der Waals surface area contributed by atoms with Crippen molar-refractivity contribution in [1.29, 1.82) is 0 Å². The third kappa shape index (κ3) is 6.57. The molecule has 0 spiro atoms. The molecule has 1 rings (SSSR count). The Balaban J connectivity index is 2.73. The third-order valence-electron chi connectivity index (χ3n) is 3.35. The Morgan fingerprint density at radius 3 is 2.48 bits per heavy atom. The molecule has 5 heteroatoms. The number of aromatic nitrogens is 1. The van der Waals surface area contributed by atoms with E-state index in [1.165, 1.54) is 0 Å². The van der Waals surface area contributed by atoms with Crippen LogP contribution in [0, 0.1) is 5.92 Å². The van der Waals surface area contributed by atoms with Crippen molar-refractivity contribution < 1.29 is 14.3 Å². The van der Waals surface area contributed by atoms with Gasteiger partial charge in [-0.25, -0.2) is 4.98 Å². The maximum Gasteiger partial charge on any atom is 0.256 e. The Morgan fingerprint density at radius 2 is 1.96 bits per heavy atom. The van der Waals surface area contributed by atoms with Crippen LogP contribution in [-0.2, 0) is 9.53 Å². The zero-order valence-corrected chi connectivity index (χ0v) is 15.0. The highest BCUT2D eigenvalue weighted by Gasteiger charge is 2.34. The maximum atomic E-state index is 12.6. The van der Waals surface area contributed by atoms with Crippen LogP contribution in [0.25, 0.3) is 0 Å². The van der Waals surface area contributed by atoms with E-state index < -0.39 is 5.60 Å². The first-order chi connectivity index (χ1) is 10.9. The molecule has 1 heterocycles. The van der Waals surface area contributed by atoms with Crippen molar-refractivity contribution in [2.75, 3.05) is 18.5 Å². The molecule has 1 aromatic heterocycles. The SMILES string of the molecule is CCCOc1ccc(NC(=O)C(C)(CC(C)C)OCCC)cn1. The summed E-state index contributed by atoms with van der Waals surface area (Å²) in [5.41, 5.74) is -0.185. The summed E-state index contributed by atoms with van der Waals surface area (Å²) in [7, 11) is 0. The fourth-order valence-corrected chi connectivity index (χ4v) is 2.33. The Bertz CT molecular complexity index is 474. The monoisotopic (exact) mass is 322 g/mol. The van der Waals surface area contributed by atoms with Gasteiger partial charge in [0.25, 0.3) is 5.91 Å². The highest BCUT2D eigenvalue weighted by atomic mass is 16.5. The predicted molar refractivity (Wildman–Crippen MR) is 92.8 cm³/mol. The number of carbonyl (C=O) groups is 1. The molecule has 5 nitrogen and oxygen atoms in total. The summed E-state index contributed by atoms with van der Waals surface area (Å²) in [6.45, 7) is 11.3. The lowest BCUT2D eigenvalue weighted by molar-refractivity contribution is -0.141. The molecule has 0 fully saturated rings. The largest absolute Gasteiger partial charge is 0.478 e. The Morgan fingerprint density at radius 1 is 1.26 bits per heavy atom. The van der Waals surface area contributed by atoms with Crippen molar-refractivity contribution in [3.63, 3.8) is 0 Å². The molecule has 0 saturated heterocycles. The second-order valence-corrected chi connectivity index (χ2v) is 6.36. The van der Waals surface area contributed by atoms with Crippen molar-refractivity contribution >= 4 is 11.6 Å². The summed E-state index contributed by atoms with van der Waals surface area (Å²) >= 11 is 0. The lowest BCUT2D eigenvalue weighted by Crippen LogP contribution is -2.44. The number of nitrogens with zero attached hydrogens (tertiary/aromatic N) is 1. The van der Waals surface area contributed by atoms with E-state index in [2.05, 4.69) is 24.1 Å². The Kier molecular flexibility index (Phi) is 8.03. The molecular weight excluding hydrogens is 292 g/mol. The number of amides is 1. The van der Waals surface area contributed by atoms with E-state index in [0.29, 0.717) is 37.1 Å². The van der Waals surface area contributed by atoms with Gasteiger partial charge in [-0.15, -0.1) is 0 Å². The van der Waals surface area contributed by atoms with Crippen molar-refractivity contribution in [2.24, 2.45) is 5.92 Å². The minimum Gasteiger partial charge on any atom is -0.478 e. The molecule has 0 aromatic carbocycles. The molecule has 0 aliphatic heterocycles. The van der Waals surface area contributed by atoms with Crippen LogP contribution in [0.1, 0.15) is 53.9 Å². The topological polar surface area (TPSA) is 60.5 Å². The molecule has 130 valence electrons. The average molecular weight is 322 g/mol. The molecule has 0 bridgehead atoms. The molecule has 1 unspecified atom stereocenters. The number of hydrogen-bond acceptors (Lipinski definition) is 4. The summed E-state index contributed by atoms with van der Waals surface area (Å²) in [4.78, 5) is 16.8. The highest BCUT2D eigenvalue weighted by Crippen LogP contribution is 2.24. The summed E-state index contributed by atoms with van der Waals surface area (Å²) in [6.07, 6.45) is 4.09. The van der Waals surface area contributed by atoms with Crippen LogP contribution in [0.5, 0.6) is 5.88 Å². The molecule has 0 aliphatic rings. The summed E-state index contributed by atoms with van der Waals surface area (Å²) < 4.78 is 11.3. The number of nitrogens with one attached hydrogen (secondary N) is 1. The Hall–Kier alpha value is -1.62. The molecule has 1 amide bonds. The van der Waals surface area contributed by atoms with Crippen LogP contribution in [-0.4, -0.2) is 29.7 Å². The minimum absolute atomic E-state index is 0.135. The first-order valence-corrected chi connectivity index (χ1v) is 8.45. The van der Waals surface area contributed by atoms with Gasteiger partial charge in [-0.05, 0) is 38.2 Å². The maximum absolute atomic E-state index is 12.6. The second kappa shape index (κ2) is 9.50. The molecule has 0 aliphatic carbocycles. The van der Waals surface area contributed by atoms with E-state index in [0.717, 1.165) is 12.8 Å². The van der Waals surface area contributed by atoms with Crippen LogP contribution in [0.3, 0.4) is 0 Å². The normalized spacial score (nSPS) is 13.7. The van der Waals surface area contributed by atoms with Crippen molar-refractivity contribution in [2.45, 2.75) is 59.5 Å². The lowest BCUT2D eigenvalue weighted by Gasteiger charge is -2.30. The van der Waals surface area contributed by atoms with Gasteiger partial charge in [0.1, 0.15) is 5.60 Å². The van der Waals surface area contributed by atoms with Crippen molar-refractivity contribution in [3.8, 4) is 5.88 Å². The predicted octanol–water partition coefficient (Wildman–Crippen LogP) is 4.04. The van der Waals surface area contributed by atoms with E-state index in [-0.39, 0.29) is 5.91 Å². The van der Waals surface area contributed by atoms with Gasteiger partial charge in [0.2, 0.25) is 5.88 Å². The third-order valence-corrected chi connectivity index (χ3v) is 3.35. The molecule has 1 N–H and O–H groups in total. The Labute approximate surface area is 139 Å². The van der Waals surface area contributed by atoms with Crippen molar-refractivity contribution in [1.82, 2.24) is 4.98 Å². The van der Waals surface area contributed by atoms with Crippen LogP contribution in [0.15, 0.2) is 18.3 Å². The summed E-state index contributed by atoms with van der Waals surface area (Å²) in [6, 6.07) is 3.56. The average Bonchev–Trinajstić information content (AvgIpc) is 2.51. The second-order valence-electron chi connectivity index (χ2n) is 6.36. The van der Waals surface area contributed by atoms with Gasteiger partial charge in [-0.2, -0.15) is 0 Å². The van der Waals surface area contributed by atoms with Gasteiger partial charge in [-0.3, -0.25) is 4.79 Å². The van der Waals surface area contributed by atoms with Crippen LogP contribution < -0.4 is 10.1 Å². The molecule has 0 radical (unpaired) electrons. The molecule has 1 atom stereocenters. The summed E-state index contributed by atoms with van der Waals surface area (Å²) in [5, 5.41) is 2.90. The van der Waals surface area contributed by atoms with Crippen LogP contribution in [0.2, 0.25) is 0 Å². The fourth-order valence-electron chi connectivity index (χ4n) is 2.33. The van der Waals surface area contributed by atoms with Crippen molar-refractivity contribution in [3.05, 3.63) is 18.3 Å². The standard InChI is InChI=1S/C18H30N2O3/c1-6-10-22-16-9-8-15(13-19-16)20-17(21)18(5,12-14(3)4)23-11-7-2/h8-9,13-14H,6-7,10-12H2,1-5H3,(H,20,21). The smallest absolute Gasteiger partial charge is 0.256 e. The van der Waals surface area contributed by atoms with Gasteiger partial charge < -0.3 is 14.8 Å². The zero-order valence-electron chi connectivity index (χ0n) is 15.0. The van der Waals surface area contributed by atoms with Gasteiger partial charge in [0, 0.05) is 12.7 Å². The van der Waals surface area contributed by atoms with Gasteiger partial charge >= 0.3 is 0 Å². The molecule has 0 saturated carbocycles. The van der Waals surface area contributed by atoms with E-state index in [1.807, 2.05) is 20.8 Å². The zero-order chi connectivity index (χ0) is 17.3. The number of pyridine rings is 1. The molecule has 23 heavy (non-hydrogen) atoms. The first kappa shape index (κ1) is 19.4. The van der Waals surface area contributed by atoms with E-state index in [4.69, 9.17) is 9.47 Å². The fraction of sp³-hybridized carbons (Fsp3) is 0.667. The van der Waals surface area contributed by atoms with Gasteiger partial charge in [-0.1, -0.05) is 27.7 Å². The minimum atomic E-state index is -0.832. The van der Waals surface area contributed by atoms with E-state index in [9.17, 15) is 4.79 Å². The van der Waals surface area contributed by atoms with E-state index in [1.54, 1.807) is 18.3 Å². The number of rotatable bonds is 10. The quantitative estimate of drug-likeness (QED) is 0.706. The number of carbonyl (C=O) groups excluding carboxylic acids is 1. The van der Waals surface area contributed by atoms with Gasteiger partial charge in [0.15, 0.2) is 0 Å². The van der Waals surface area contributed by atoms with Gasteiger partial charge in [0.05, 0.1) is 18.5 Å². The number of hydrogen-bond donors (Lipinski definition) is 1. The number of ether oxygens (including phenoxy) is 2. The lowest BCUT2D eigenvalue weighted by atomic mass is 9.93. The molecular formula is C18H30N2O3.